The third kappa shape index (κ3) is 2.12. The van der Waals surface area contributed by atoms with Crippen molar-refractivity contribution in [3.05, 3.63) is 0 Å². The third-order valence-corrected chi connectivity index (χ3v) is 4.21. The fourth-order valence-corrected chi connectivity index (χ4v) is 2.82. The average molecular weight is 196 g/mol. The lowest BCUT2D eigenvalue weighted by atomic mass is 9.88. The first-order chi connectivity index (χ1) is 6.66. The number of rotatable bonds is 1. The van der Waals surface area contributed by atoms with Gasteiger partial charge in [-0.15, -0.1) is 0 Å². The summed E-state index contributed by atoms with van der Waals surface area (Å²) in [6, 6.07) is 1.55. The van der Waals surface area contributed by atoms with Crippen LogP contribution in [0.2, 0.25) is 0 Å². The zero-order valence-corrected chi connectivity index (χ0v) is 9.79. The van der Waals surface area contributed by atoms with Gasteiger partial charge in [-0.25, -0.2) is 0 Å². The molecule has 2 rings (SSSR count). The van der Waals surface area contributed by atoms with Crippen LogP contribution in [0.5, 0.6) is 0 Å². The van der Waals surface area contributed by atoms with Gasteiger partial charge in [0, 0.05) is 25.2 Å². The van der Waals surface area contributed by atoms with E-state index < -0.39 is 0 Å². The van der Waals surface area contributed by atoms with Gasteiger partial charge in [-0.2, -0.15) is 0 Å². The number of likely N-dealkylation sites (tertiary alicyclic amines) is 1. The lowest BCUT2D eigenvalue weighted by molar-refractivity contribution is 0.102. The van der Waals surface area contributed by atoms with Gasteiger partial charge in [0.2, 0.25) is 0 Å². The Hall–Kier alpha value is -0.0800. The van der Waals surface area contributed by atoms with Crippen LogP contribution in [0, 0.1) is 11.8 Å². The zero-order valence-electron chi connectivity index (χ0n) is 9.79. The minimum Gasteiger partial charge on any atom is -0.313 e. The van der Waals surface area contributed by atoms with E-state index in [-0.39, 0.29) is 0 Å². The largest absolute Gasteiger partial charge is 0.313 e. The Labute approximate surface area is 88.1 Å². The topological polar surface area (TPSA) is 15.3 Å². The molecule has 0 radical (unpaired) electrons. The zero-order chi connectivity index (χ0) is 10.1. The van der Waals surface area contributed by atoms with E-state index in [1.54, 1.807) is 0 Å². The van der Waals surface area contributed by atoms with Gasteiger partial charge in [0.05, 0.1) is 0 Å². The molecule has 2 saturated heterocycles. The van der Waals surface area contributed by atoms with Crippen molar-refractivity contribution < 1.29 is 0 Å². The Balaban J connectivity index is 1.87. The molecule has 0 spiro atoms. The quantitative estimate of drug-likeness (QED) is 0.687. The minimum absolute atomic E-state index is 0.731. The molecule has 1 N–H and O–H groups in total. The predicted molar refractivity (Wildman–Crippen MR) is 60.4 cm³/mol. The van der Waals surface area contributed by atoms with Gasteiger partial charge < -0.3 is 5.32 Å². The maximum atomic E-state index is 3.55. The predicted octanol–water partition coefficient (Wildman–Crippen LogP) is 1.71. The summed E-state index contributed by atoms with van der Waals surface area (Å²) in [4.78, 5) is 2.71. The highest BCUT2D eigenvalue weighted by atomic mass is 15.2. The first kappa shape index (κ1) is 10.4. The summed E-state index contributed by atoms with van der Waals surface area (Å²) in [5, 5.41) is 3.55. The van der Waals surface area contributed by atoms with Crippen LogP contribution < -0.4 is 5.32 Å². The van der Waals surface area contributed by atoms with Gasteiger partial charge in [-0.3, -0.25) is 4.90 Å². The van der Waals surface area contributed by atoms with Gasteiger partial charge >= 0.3 is 0 Å². The highest BCUT2D eigenvalue weighted by Crippen LogP contribution is 2.26. The number of nitrogens with zero attached hydrogens (tertiary/aromatic N) is 1. The summed E-state index contributed by atoms with van der Waals surface area (Å²) >= 11 is 0. The van der Waals surface area contributed by atoms with Crippen LogP contribution in [0.15, 0.2) is 0 Å². The molecule has 0 aliphatic carbocycles. The van der Waals surface area contributed by atoms with Gasteiger partial charge in [0.1, 0.15) is 0 Å². The normalized spacial score (nSPS) is 45.6. The highest BCUT2D eigenvalue weighted by Gasteiger charge is 2.31. The molecule has 2 nitrogen and oxygen atoms in total. The molecule has 14 heavy (non-hydrogen) atoms. The van der Waals surface area contributed by atoms with E-state index in [1.165, 1.54) is 32.5 Å². The van der Waals surface area contributed by atoms with Crippen molar-refractivity contribution in [2.75, 3.05) is 19.6 Å². The van der Waals surface area contributed by atoms with E-state index in [4.69, 9.17) is 0 Å². The monoisotopic (exact) mass is 196 g/mol. The van der Waals surface area contributed by atoms with Crippen LogP contribution in [0.1, 0.15) is 33.6 Å². The second-order valence-electron chi connectivity index (χ2n) is 5.44. The van der Waals surface area contributed by atoms with Crippen LogP contribution >= 0.6 is 0 Å². The Kier molecular flexibility index (Phi) is 3.13. The van der Waals surface area contributed by atoms with Crippen LogP contribution in [0.3, 0.4) is 0 Å². The van der Waals surface area contributed by atoms with Crippen molar-refractivity contribution in [1.82, 2.24) is 10.2 Å². The van der Waals surface area contributed by atoms with Gasteiger partial charge in [-0.1, -0.05) is 13.8 Å². The maximum absolute atomic E-state index is 3.55. The number of piperidine rings is 1. The van der Waals surface area contributed by atoms with Crippen molar-refractivity contribution in [3.8, 4) is 0 Å². The number of hydrogen-bond donors (Lipinski definition) is 1. The van der Waals surface area contributed by atoms with E-state index in [1.807, 2.05) is 0 Å². The molecule has 2 aliphatic rings. The van der Waals surface area contributed by atoms with Crippen molar-refractivity contribution >= 4 is 0 Å². The number of hydrogen-bond acceptors (Lipinski definition) is 2. The van der Waals surface area contributed by atoms with Crippen molar-refractivity contribution in [2.24, 2.45) is 11.8 Å². The molecule has 2 heteroatoms. The summed E-state index contributed by atoms with van der Waals surface area (Å²) in [6.07, 6.45) is 2.74. The summed E-state index contributed by atoms with van der Waals surface area (Å²) in [5.74, 6) is 1.82. The first-order valence-electron chi connectivity index (χ1n) is 6.14. The Morgan fingerprint density at radius 3 is 2.50 bits per heavy atom. The molecular formula is C12H24N2. The van der Waals surface area contributed by atoms with Crippen molar-refractivity contribution in [3.63, 3.8) is 0 Å². The molecule has 0 aromatic carbocycles. The van der Waals surface area contributed by atoms with E-state index in [9.17, 15) is 0 Å². The number of nitrogens with one attached hydrogen (secondary N) is 1. The standard InChI is InChI=1S/C12H24N2/c1-9-4-5-14(8-10(9)2)12-6-11(3)13-7-12/h9-13H,4-8H2,1-3H3. The summed E-state index contributed by atoms with van der Waals surface area (Å²) in [5.41, 5.74) is 0. The SMILES string of the molecule is CC1CC(N2CCC(C)C(C)C2)CN1. The maximum Gasteiger partial charge on any atom is 0.0235 e. The molecule has 4 atom stereocenters. The second-order valence-corrected chi connectivity index (χ2v) is 5.44. The van der Waals surface area contributed by atoms with Gasteiger partial charge in [-0.05, 0) is 38.1 Å². The molecule has 0 bridgehead atoms. The second kappa shape index (κ2) is 4.19. The first-order valence-corrected chi connectivity index (χ1v) is 6.14. The highest BCUT2D eigenvalue weighted by molar-refractivity contribution is 4.88. The molecule has 0 saturated carbocycles. The molecule has 82 valence electrons. The van der Waals surface area contributed by atoms with E-state index >= 15 is 0 Å². The van der Waals surface area contributed by atoms with Crippen molar-refractivity contribution in [2.45, 2.75) is 45.7 Å². The Morgan fingerprint density at radius 1 is 1.14 bits per heavy atom. The minimum atomic E-state index is 0.731. The molecule has 2 aliphatic heterocycles. The van der Waals surface area contributed by atoms with Crippen LogP contribution in [0.25, 0.3) is 0 Å². The lowest BCUT2D eigenvalue weighted by Gasteiger charge is -2.38. The summed E-state index contributed by atoms with van der Waals surface area (Å²) in [6.45, 7) is 11.0. The summed E-state index contributed by atoms with van der Waals surface area (Å²) in [7, 11) is 0. The van der Waals surface area contributed by atoms with Crippen LogP contribution in [0.4, 0.5) is 0 Å². The molecule has 0 amide bonds. The molecule has 0 aromatic rings. The fourth-order valence-electron chi connectivity index (χ4n) is 2.82. The molecule has 2 fully saturated rings. The Morgan fingerprint density at radius 2 is 1.93 bits per heavy atom. The van der Waals surface area contributed by atoms with E-state index in [2.05, 4.69) is 31.0 Å². The van der Waals surface area contributed by atoms with Crippen LogP contribution in [-0.4, -0.2) is 36.6 Å². The lowest BCUT2D eigenvalue weighted by Crippen LogP contribution is -2.45. The van der Waals surface area contributed by atoms with Crippen molar-refractivity contribution in [1.29, 1.82) is 0 Å². The smallest absolute Gasteiger partial charge is 0.0235 e. The summed E-state index contributed by atoms with van der Waals surface area (Å²) < 4.78 is 0. The molecule has 4 unspecified atom stereocenters. The average Bonchev–Trinajstić information content (AvgIpc) is 2.57. The molecular weight excluding hydrogens is 172 g/mol. The van der Waals surface area contributed by atoms with E-state index in [0.717, 1.165) is 23.9 Å². The van der Waals surface area contributed by atoms with Gasteiger partial charge in [0.25, 0.3) is 0 Å². The van der Waals surface area contributed by atoms with E-state index in [0.29, 0.717) is 0 Å². The molecule has 2 heterocycles. The Bertz CT molecular complexity index is 193. The fraction of sp³-hybridized carbons (Fsp3) is 1.00. The van der Waals surface area contributed by atoms with Crippen LogP contribution in [-0.2, 0) is 0 Å². The third-order valence-electron chi connectivity index (χ3n) is 4.21. The molecule has 0 aromatic heterocycles. The van der Waals surface area contributed by atoms with Gasteiger partial charge in [0.15, 0.2) is 0 Å².